The first-order valence-electron chi connectivity index (χ1n) is 6.47. The number of halogens is 1. The molecule has 0 aliphatic rings. The summed E-state index contributed by atoms with van der Waals surface area (Å²) in [6, 6.07) is 11.3. The monoisotopic (exact) mass is 304 g/mol. The molecule has 0 bridgehead atoms. The van der Waals surface area contributed by atoms with E-state index in [1.54, 1.807) is 6.07 Å². The number of carbonyl (C=O) groups excluding carboxylic acids is 1. The zero-order valence-electron chi connectivity index (χ0n) is 11.7. The lowest BCUT2D eigenvalue weighted by Gasteiger charge is -2.16. The van der Waals surface area contributed by atoms with Gasteiger partial charge in [-0.3, -0.25) is 20.1 Å². The molecule has 0 spiro atoms. The van der Waals surface area contributed by atoms with Crippen molar-refractivity contribution in [3.8, 4) is 0 Å². The van der Waals surface area contributed by atoms with Gasteiger partial charge in [-0.05, 0) is 36.9 Å². The van der Waals surface area contributed by atoms with E-state index in [1.165, 1.54) is 11.8 Å². The number of aromatic nitrogens is 1. The number of nitrogens with one attached hydrogen (secondary N) is 1. The van der Waals surface area contributed by atoms with Gasteiger partial charge in [0.1, 0.15) is 0 Å². The van der Waals surface area contributed by atoms with Gasteiger partial charge in [-0.15, -0.1) is 0 Å². The zero-order chi connectivity index (χ0) is 15.2. The number of carbonyl (C=O) groups is 1. The van der Waals surface area contributed by atoms with Crippen LogP contribution in [0.25, 0.3) is 0 Å². The number of nitrogens with two attached hydrogens (primary N) is 1. The SMILES string of the molecule is CN(Cc1ccc(Cl)cc1)Cc1ccc(C(=O)NN)cn1. The van der Waals surface area contributed by atoms with Gasteiger partial charge in [0.05, 0.1) is 11.3 Å². The third-order valence-electron chi connectivity index (χ3n) is 3.02. The van der Waals surface area contributed by atoms with Crippen LogP contribution in [0.15, 0.2) is 42.6 Å². The number of rotatable bonds is 5. The predicted octanol–water partition coefficient (Wildman–Crippen LogP) is 1.97. The Morgan fingerprint density at radius 2 is 1.95 bits per heavy atom. The summed E-state index contributed by atoms with van der Waals surface area (Å²) in [5.74, 6) is 4.73. The van der Waals surface area contributed by atoms with E-state index in [-0.39, 0.29) is 5.91 Å². The normalized spacial score (nSPS) is 10.7. The summed E-state index contributed by atoms with van der Waals surface area (Å²) < 4.78 is 0. The van der Waals surface area contributed by atoms with Gasteiger partial charge in [-0.25, -0.2) is 5.84 Å². The van der Waals surface area contributed by atoms with Gasteiger partial charge in [0.2, 0.25) is 0 Å². The Labute approximate surface area is 128 Å². The summed E-state index contributed by atoms with van der Waals surface area (Å²) in [6.07, 6.45) is 1.52. The van der Waals surface area contributed by atoms with Crippen LogP contribution in [0, 0.1) is 0 Å². The van der Waals surface area contributed by atoms with E-state index in [4.69, 9.17) is 17.4 Å². The lowest BCUT2D eigenvalue weighted by molar-refractivity contribution is 0.0953. The van der Waals surface area contributed by atoms with Crippen LogP contribution in [0.2, 0.25) is 5.02 Å². The highest BCUT2D eigenvalue weighted by atomic mass is 35.5. The van der Waals surface area contributed by atoms with Crippen LogP contribution in [0.5, 0.6) is 0 Å². The molecule has 3 N–H and O–H groups in total. The molecule has 0 aliphatic heterocycles. The third kappa shape index (κ3) is 4.53. The maximum Gasteiger partial charge on any atom is 0.266 e. The van der Waals surface area contributed by atoms with E-state index in [9.17, 15) is 4.79 Å². The molecular formula is C15H17ClN4O. The Bertz CT molecular complexity index is 598. The van der Waals surface area contributed by atoms with Crippen LogP contribution in [0.3, 0.4) is 0 Å². The van der Waals surface area contributed by atoms with Crippen molar-refractivity contribution < 1.29 is 4.79 Å². The van der Waals surface area contributed by atoms with Crippen molar-refractivity contribution >= 4 is 17.5 Å². The second-order valence-corrected chi connectivity index (χ2v) is 5.25. The molecule has 110 valence electrons. The maximum atomic E-state index is 11.3. The van der Waals surface area contributed by atoms with Crippen molar-refractivity contribution in [3.63, 3.8) is 0 Å². The van der Waals surface area contributed by atoms with Crippen LogP contribution in [0.1, 0.15) is 21.6 Å². The number of nitrogens with zero attached hydrogens (tertiary/aromatic N) is 2. The average molecular weight is 305 g/mol. The number of hydrogen-bond acceptors (Lipinski definition) is 4. The minimum absolute atomic E-state index is 0.344. The third-order valence-corrected chi connectivity index (χ3v) is 3.27. The summed E-state index contributed by atoms with van der Waals surface area (Å²) in [5.41, 5.74) is 4.59. The number of pyridine rings is 1. The summed E-state index contributed by atoms with van der Waals surface area (Å²) in [6.45, 7) is 1.48. The van der Waals surface area contributed by atoms with Crippen molar-refractivity contribution in [3.05, 3.63) is 64.4 Å². The predicted molar refractivity (Wildman–Crippen MR) is 82.5 cm³/mol. The van der Waals surface area contributed by atoms with Gasteiger partial charge in [-0.2, -0.15) is 0 Å². The molecule has 0 radical (unpaired) electrons. The number of nitrogen functional groups attached to an aromatic ring is 1. The van der Waals surface area contributed by atoms with Gasteiger partial charge < -0.3 is 0 Å². The highest BCUT2D eigenvalue weighted by molar-refractivity contribution is 6.30. The molecule has 1 amide bonds. The molecule has 0 unspecified atom stereocenters. The highest BCUT2D eigenvalue weighted by Gasteiger charge is 2.06. The Morgan fingerprint density at radius 3 is 2.52 bits per heavy atom. The minimum Gasteiger partial charge on any atom is -0.296 e. The minimum atomic E-state index is -0.344. The Balaban J connectivity index is 1.94. The lowest BCUT2D eigenvalue weighted by atomic mass is 10.2. The summed E-state index contributed by atoms with van der Waals surface area (Å²) in [4.78, 5) is 17.7. The Kier molecular flexibility index (Phi) is 5.27. The topological polar surface area (TPSA) is 71.2 Å². The van der Waals surface area contributed by atoms with Crippen LogP contribution in [0.4, 0.5) is 0 Å². The van der Waals surface area contributed by atoms with Gasteiger partial charge in [0.15, 0.2) is 0 Å². The molecule has 2 aromatic rings. The molecule has 5 nitrogen and oxygen atoms in total. The molecule has 1 heterocycles. The summed E-state index contributed by atoms with van der Waals surface area (Å²) in [5, 5.41) is 0.733. The number of benzene rings is 1. The van der Waals surface area contributed by atoms with Crippen LogP contribution >= 0.6 is 11.6 Å². The largest absolute Gasteiger partial charge is 0.296 e. The standard InChI is InChI=1S/C15H17ClN4O/c1-20(9-11-2-5-13(16)6-3-11)10-14-7-4-12(8-18-14)15(21)19-17/h2-8H,9-10,17H2,1H3,(H,19,21). The van der Waals surface area contributed by atoms with E-state index in [2.05, 4.69) is 15.3 Å². The number of hydrogen-bond donors (Lipinski definition) is 2. The van der Waals surface area contributed by atoms with Crippen molar-refractivity contribution in [2.75, 3.05) is 7.05 Å². The van der Waals surface area contributed by atoms with E-state index >= 15 is 0 Å². The van der Waals surface area contributed by atoms with E-state index in [0.717, 1.165) is 17.3 Å². The number of amides is 1. The molecule has 0 saturated heterocycles. The fraction of sp³-hybridized carbons (Fsp3) is 0.200. The van der Waals surface area contributed by atoms with Gasteiger partial charge in [0.25, 0.3) is 5.91 Å². The Morgan fingerprint density at radius 1 is 1.24 bits per heavy atom. The first kappa shape index (κ1) is 15.4. The van der Waals surface area contributed by atoms with Crippen LogP contribution in [-0.4, -0.2) is 22.8 Å². The highest BCUT2D eigenvalue weighted by Crippen LogP contribution is 2.12. The second-order valence-electron chi connectivity index (χ2n) is 4.81. The van der Waals surface area contributed by atoms with E-state index in [0.29, 0.717) is 12.1 Å². The molecule has 0 saturated carbocycles. The van der Waals surface area contributed by atoms with Gasteiger partial charge in [0, 0.05) is 24.3 Å². The van der Waals surface area contributed by atoms with Crippen molar-refractivity contribution in [2.24, 2.45) is 5.84 Å². The first-order chi connectivity index (χ1) is 10.1. The van der Waals surface area contributed by atoms with Crippen molar-refractivity contribution in [1.82, 2.24) is 15.3 Å². The molecule has 1 aromatic heterocycles. The first-order valence-corrected chi connectivity index (χ1v) is 6.85. The molecule has 0 aliphatic carbocycles. The second kappa shape index (κ2) is 7.17. The number of hydrazine groups is 1. The molecule has 2 rings (SSSR count). The summed E-state index contributed by atoms with van der Waals surface area (Å²) >= 11 is 5.87. The lowest BCUT2D eigenvalue weighted by Crippen LogP contribution is -2.30. The fourth-order valence-electron chi connectivity index (χ4n) is 1.97. The Hall–Kier alpha value is -1.95. The van der Waals surface area contributed by atoms with Crippen LogP contribution < -0.4 is 11.3 Å². The molecular weight excluding hydrogens is 288 g/mol. The van der Waals surface area contributed by atoms with E-state index < -0.39 is 0 Å². The molecule has 1 aromatic carbocycles. The molecule has 0 atom stereocenters. The van der Waals surface area contributed by atoms with Gasteiger partial charge in [-0.1, -0.05) is 23.7 Å². The van der Waals surface area contributed by atoms with Gasteiger partial charge >= 0.3 is 0 Å². The van der Waals surface area contributed by atoms with E-state index in [1.807, 2.05) is 37.4 Å². The van der Waals surface area contributed by atoms with Crippen LogP contribution in [-0.2, 0) is 13.1 Å². The zero-order valence-corrected chi connectivity index (χ0v) is 12.5. The smallest absolute Gasteiger partial charge is 0.266 e. The van der Waals surface area contributed by atoms with Crippen molar-refractivity contribution in [2.45, 2.75) is 13.1 Å². The quantitative estimate of drug-likeness (QED) is 0.503. The average Bonchev–Trinajstić information content (AvgIpc) is 2.49. The summed E-state index contributed by atoms with van der Waals surface area (Å²) in [7, 11) is 2.01. The maximum absolute atomic E-state index is 11.3. The van der Waals surface area contributed by atoms with Crippen molar-refractivity contribution in [1.29, 1.82) is 0 Å². The molecule has 21 heavy (non-hydrogen) atoms. The fourth-order valence-corrected chi connectivity index (χ4v) is 2.10. The molecule has 0 fully saturated rings. The molecule has 6 heteroatoms.